The van der Waals surface area contributed by atoms with E-state index in [1.54, 1.807) is 24.3 Å². The highest BCUT2D eigenvalue weighted by Crippen LogP contribution is 2.41. The monoisotopic (exact) mass is 480 g/mol. The van der Waals surface area contributed by atoms with E-state index < -0.39 is 0 Å². The third-order valence-corrected chi connectivity index (χ3v) is 6.77. The molecule has 0 bridgehead atoms. The summed E-state index contributed by atoms with van der Waals surface area (Å²) in [5.74, 6) is 0.0524. The number of carbonyl (C=O) groups excluding carboxylic acids is 2. The van der Waals surface area contributed by atoms with Crippen molar-refractivity contribution < 1.29 is 14.0 Å². The largest absolute Gasteiger partial charge is 0.341 e. The lowest BCUT2D eigenvalue weighted by Crippen LogP contribution is -2.22. The minimum atomic E-state index is -0.390. The second kappa shape index (κ2) is 9.84. The van der Waals surface area contributed by atoms with Crippen LogP contribution in [0.1, 0.15) is 42.1 Å². The van der Waals surface area contributed by atoms with E-state index in [4.69, 9.17) is 0 Å². The molecule has 2 amide bonds. The van der Waals surface area contributed by atoms with Crippen LogP contribution in [-0.2, 0) is 4.79 Å². The number of hydrogen-bond acceptors (Lipinski definition) is 6. The predicted octanol–water partition coefficient (Wildman–Crippen LogP) is 4.34. The van der Waals surface area contributed by atoms with Crippen molar-refractivity contribution in [1.82, 2.24) is 14.8 Å². The Labute approximate surface area is 200 Å². The molecule has 1 aliphatic carbocycles. The molecule has 1 saturated heterocycles. The first kappa shape index (κ1) is 22.4. The number of anilines is 3. The van der Waals surface area contributed by atoms with Gasteiger partial charge in [0.2, 0.25) is 11.9 Å². The van der Waals surface area contributed by atoms with E-state index in [0.29, 0.717) is 23.0 Å². The first-order valence-corrected chi connectivity index (χ1v) is 12.4. The van der Waals surface area contributed by atoms with Crippen molar-refractivity contribution in [3.05, 3.63) is 59.9 Å². The predicted molar refractivity (Wildman–Crippen MR) is 130 cm³/mol. The van der Waals surface area contributed by atoms with Crippen LogP contribution in [0.5, 0.6) is 0 Å². The smallest absolute Gasteiger partial charge is 0.257 e. The minimum absolute atomic E-state index is 0.152. The first-order valence-electron chi connectivity index (χ1n) is 11.4. The lowest BCUT2D eigenvalue weighted by Gasteiger charge is -2.18. The molecule has 2 aliphatic rings. The zero-order chi connectivity index (χ0) is 23.5. The number of nitrogens with one attached hydrogen (secondary N) is 2. The number of para-hydroxylation sites is 1. The Bertz CT molecular complexity index is 1190. The van der Waals surface area contributed by atoms with E-state index in [1.807, 2.05) is 0 Å². The van der Waals surface area contributed by atoms with Crippen molar-refractivity contribution in [3.8, 4) is 0 Å². The molecule has 176 valence electrons. The molecule has 8 nitrogen and oxygen atoms in total. The fourth-order valence-electron chi connectivity index (χ4n) is 3.99. The van der Waals surface area contributed by atoms with E-state index in [-0.39, 0.29) is 23.4 Å². The number of aromatic nitrogens is 3. The molecule has 0 atom stereocenters. The Hall–Kier alpha value is -3.40. The molecule has 0 spiro atoms. The number of thioether (sulfide) groups is 1. The Kier molecular flexibility index (Phi) is 6.48. The molecule has 1 aromatic heterocycles. The number of benzene rings is 2. The summed E-state index contributed by atoms with van der Waals surface area (Å²) in [4.78, 5) is 27.8. The molecule has 2 aromatic carbocycles. The molecule has 34 heavy (non-hydrogen) atoms. The van der Waals surface area contributed by atoms with Crippen LogP contribution >= 0.6 is 11.8 Å². The SMILES string of the molecule is O=C(CSc1nnc(N2CCCC2)n1C1CC1)Nc1ccccc1C(=O)Nc1ccc(F)cc1. The van der Waals surface area contributed by atoms with Gasteiger partial charge >= 0.3 is 0 Å². The summed E-state index contributed by atoms with van der Waals surface area (Å²) in [7, 11) is 0. The normalized spacial score (nSPS) is 15.4. The number of hydrogen-bond donors (Lipinski definition) is 2. The van der Waals surface area contributed by atoms with Crippen molar-refractivity contribution in [3.63, 3.8) is 0 Å². The summed E-state index contributed by atoms with van der Waals surface area (Å²) in [5.41, 5.74) is 1.20. The summed E-state index contributed by atoms with van der Waals surface area (Å²) >= 11 is 1.36. The van der Waals surface area contributed by atoms with Gasteiger partial charge in [0.1, 0.15) is 5.82 Å². The maximum Gasteiger partial charge on any atom is 0.257 e. The second-order valence-corrected chi connectivity index (χ2v) is 9.36. The van der Waals surface area contributed by atoms with Crippen LogP contribution in [0.3, 0.4) is 0 Å². The second-order valence-electron chi connectivity index (χ2n) is 8.42. The molecule has 1 saturated carbocycles. The van der Waals surface area contributed by atoms with Gasteiger partial charge in [-0.3, -0.25) is 14.2 Å². The molecule has 1 aliphatic heterocycles. The molecular formula is C24H25FN6O2S. The fraction of sp³-hybridized carbons (Fsp3) is 0.333. The molecular weight excluding hydrogens is 455 g/mol. The van der Waals surface area contributed by atoms with Gasteiger partial charge in [0, 0.05) is 24.8 Å². The number of nitrogens with zero attached hydrogens (tertiary/aromatic N) is 4. The Morgan fingerprint density at radius 2 is 1.74 bits per heavy atom. The minimum Gasteiger partial charge on any atom is -0.341 e. The van der Waals surface area contributed by atoms with Crippen LogP contribution in [0, 0.1) is 5.82 Å². The molecule has 0 radical (unpaired) electrons. The van der Waals surface area contributed by atoms with Crippen LogP contribution < -0.4 is 15.5 Å². The highest BCUT2D eigenvalue weighted by Gasteiger charge is 2.32. The maximum absolute atomic E-state index is 13.1. The van der Waals surface area contributed by atoms with Crippen molar-refractivity contribution in [2.75, 3.05) is 34.4 Å². The van der Waals surface area contributed by atoms with Crippen molar-refractivity contribution in [1.29, 1.82) is 0 Å². The quantitative estimate of drug-likeness (QED) is 0.466. The van der Waals surface area contributed by atoms with Crippen molar-refractivity contribution in [2.24, 2.45) is 0 Å². The standard InChI is InChI=1S/C24H25FN6O2S/c25-16-7-9-17(10-8-16)26-22(33)19-5-1-2-6-20(19)27-21(32)15-34-24-29-28-23(30-13-3-4-14-30)31(24)18-11-12-18/h1-2,5-10,18H,3-4,11-15H2,(H,26,33)(H,27,32). The average Bonchev–Trinajstić information content (AvgIpc) is 3.35. The van der Waals surface area contributed by atoms with Crippen LogP contribution in [0.15, 0.2) is 53.7 Å². The molecule has 5 rings (SSSR count). The van der Waals surface area contributed by atoms with Crippen LogP contribution in [0.4, 0.5) is 21.7 Å². The Morgan fingerprint density at radius 3 is 2.47 bits per heavy atom. The fourth-order valence-corrected chi connectivity index (χ4v) is 4.79. The molecule has 2 fully saturated rings. The molecule has 2 N–H and O–H groups in total. The zero-order valence-corrected chi connectivity index (χ0v) is 19.4. The first-order chi connectivity index (χ1) is 16.6. The molecule has 0 unspecified atom stereocenters. The van der Waals surface area contributed by atoms with E-state index in [1.165, 1.54) is 36.0 Å². The van der Waals surface area contributed by atoms with Crippen molar-refractivity contribution >= 4 is 40.9 Å². The number of halogens is 1. The molecule has 2 heterocycles. The lowest BCUT2D eigenvalue weighted by atomic mass is 10.1. The molecule has 3 aromatic rings. The summed E-state index contributed by atoms with van der Waals surface area (Å²) in [6, 6.07) is 12.7. The van der Waals surface area contributed by atoms with Crippen LogP contribution in [0.25, 0.3) is 0 Å². The number of rotatable bonds is 8. The summed E-state index contributed by atoms with van der Waals surface area (Å²) < 4.78 is 15.3. The van der Waals surface area contributed by atoms with E-state index in [2.05, 4.69) is 30.3 Å². The average molecular weight is 481 g/mol. The van der Waals surface area contributed by atoms with Gasteiger partial charge in [0.05, 0.1) is 17.0 Å². The van der Waals surface area contributed by atoms with Gasteiger partial charge in [-0.15, -0.1) is 10.2 Å². The van der Waals surface area contributed by atoms with Gasteiger partial charge < -0.3 is 15.5 Å². The third-order valence-electron chi connectivity index (χ3n) is 5.83. The topological polar surface area (TPSA) is 92.2 Å². The summed E-state index contributed by atoms with van der Waals surface area (Å²) in [6.07, 6.45) is 4.54. The highest BCUT2D eigenvalue weighted by atomic mass is 32.2. The lowest BCUT2D eigenvalue weighted by molar-refractivity contribution is -0.113. The van der Waals surface area contributed by atoms with Crippen molar-refractivity contribution in [2.45, 2.75) is 36.9 Å². The summed E-state index contributed by atoms with van der Waals surface area (Å²) in [6.45, 7) is 1.99. The maximum atomic E-state index is 13.1. The summed E-state index contributed by atoms with van der Waals surface area (Å²) in [5, 5.41) is 15.1. The van der Waals surface area contributed by atoms with Gasteiger partial charge in [-0.25, -0.2) is 4.39 Å². The molecule has 10 heteroatoms. The van der Waals surface area contributed by atoms with E-state index >= 15 is 0 Å². The Balaban J connectivity index is 1.23. The van der Waals surface area contributed by atoms with Crippen LogP contribution in [-0.4, -0.2) is 45.4 Å². The van der Waals surface area contributed by atoms with Crippen LogP contribution in [0.2, 0.25) is 0 Å². The van der Waals surface area contributed by atoms with E-state index in [9.17, 15) is 14.0 Å². The van der Waals surface area contributed by atoms with Gasteiger partial charge in [-0.1, -0.05) is 23.9 Å². The highest BCUT2D eigenvalue weighted by molar-refractivity contribution is 7.99. The van der Waals surface area contributed by atoms with E-state index in [0.717, 1.165) is 49.9 Å². The van der Waals surface area contributed by atoms with Gasteiger partial charge in [0.15, 0.2) is 5.16 Å². The van der Waals surface area contributed by atoms with Gasteiger partial charge in [-0.05, 0) is 62.1 Å². The third kappa shape index (κ3) is 5.06. The number of amides is 2. The van der Waals surface area contributed by atoms with Gasteiger partial charge in [0.25, 0.3) is 5.91 Å². The van der Waals surface area contributed by atoms with Gasteiger partial charge in [-0.2, -0.15) is 0 Å². The zero-order valence-electron chi connectivity index (χ0n) is 18.5. The number of carbonyl (C=O) groups is 2. The Morgan fingerprint density at radius 1 is 1.00 bits per heavy atom.